The normalized spacial score (nSPS) is 32.9. The van der Waals surface area contributed by atoms with Crippen molar-refractivity contribution in [1.82, 2.24) is 5.32 Å². The number of hydrogen-bond acceptors (Lipinski definition) is 4. The molecule has 5 nitrogen and oxygen atoms in total. The number of amides is 1. The predicted molar refractivity (Wildman–Crippen MR) is 96.6 cm³/mol. The van der Waals surface area contributed by atoms with E-state index in [2.05, 4.69) is 12.2 Å². The molecule has 1 aromatic rings. The van der Waals surface area contributed by atoms with Crippen LogP contribution in [-0.4, -0.2) is 29.6 Å². The number of nitrogens with one attached hydrogen (secondary N) is 1. The zero-order valence-electron chi connectivity index (χ0n) is 15.2. The summed E-state index contributed by atoms with van der Waals surface area (Å²) in [7, 11) is 0. The van der Waals surface area contributed by atoms with Crippen molar-refractivity contribution in [3.8, 4) is 5.75 Å². The van der Waals surface area contributed by atoms with Crippen LogP contribution in [0.15, 0.2) is 24.3 Å². The minimum atomic E-state index is -0.599. The second-order valence-electron chi connectivity index (χ2n) is 8.70. The van der Waals surface area contributed by atoms with Crippen molar-refractivity contribution in [2.45, 2.75) is 51.5 Å². The van der Waals surface area contributed by atoms with Crippen LogP contribution in [0.1, 0.15) is 55.8 Å². The highest BCUT2D eigenvalue weighted by Crippen LogP contribution is 2.61. The molecule has 0 aliphatic heterocycles. The van der Waals surface area contributed by atoms with Crippen molar-refractivity contribution >= 4 is 11.9 Å². The van der Waals surface area contributed by atoms with Crippen LogP contribution in [-0.2, 0) is 9.53 Å². The number of benzene rings is 1. The summed E-state index contributed by atoms with van der Waals surface area (Å²) < 4.78 is 5.10. The van der Waals surface area contributed by atoms with Crippen molar-refractivity contribution in [3.63, 3.8) is 0 Å². The molecule has 4 aliphatic carbocycles. The Morgan fingerprint density at radius 3 is 2.38 bits per heavy atom. The number of phenols is 1. The summed E-state index contributed by atoms with van der Waals surface area (Å²) >= 11 is 0. The molecule has 0 heterocycles. The first-order valence-corrected chi connectivity index (χ1v) is 9.69. The van der Waals surface area contributed by atoms with Gasteiger partial charge in [0.15, 0.2) is 6.61 Å². The third-order valence-electron chi connectivity index (χ3n) is 6.80. The number of carbonyl (C=O) groups is 2. The van der Waals surface area contributed by atoms with Gasteiger partial charge in [-0.3, -0.25) is 4.79 Å². The molecule has 0 saturated heterocycles. The van der Waals surface area contributed by atoms with E-state index in [1.807, 2.05) is 0 Å². The molecule has 1 amide bonds. The Hall–Kier alpha value is -2.04. The summed E-state index contributed by atoms with van der Waals surface area (Å²) in [5.74, 6) is 1.66. The molecule has 0 radical (unpaired) electrons. The van der Waals surface area contributed by atoms with Gasteiger partial charge in [0, 0.05) is 6.04 Å². The third kappa shape index (κ3) is 3.31. The maximum absolute atomic E-state index is 12.3. The van der Waals surface area contributed by atoms with Gasteiger partial charge in [0.05, 0.1) is 5.56 Å². The molecule has 5 rings (SSSR count). The van der Waals surface area contributed by atoms with Crippen molar-refractivity contribution in [2.75, 3.05) is 6.61 Å². The Labute approximate surface area is 154 Å². The smallest absolute Gasteiger partial charge is 0.338 e. The molecule has 4 fully saturated rings. The first-order chi connectivity index (χ1) is 12.4. The van der Waals surface area contributed by atoms with Gasteiger partial charge in [-0.05, 0) is 86.8 Å². The highest BCUT2D eigenvalue weighted by atomic mass is 16.5. The van der Waals surface area contributed by atoms with E-state index in [1.54, 1.807) is 12.1 Å². The number of esters is 1. The first kappa shape index (κ1) is 17.4. The number of hydrogen-bond donors (Lipinski definition) is 2. The largest absolute Gasteiger partial charge is 0.508 e. The van der Waals surface area contributed by atoms with Gasteiger partial charge < -0.3 is 15.2 Å². The molecule has 1 atom stereocenters. The number of ether oxygens (including phenoxy) is 1. The van der Waals surface area contributed by atoms with Crippen molar-refractivity contribution in [1.29, 1.82) is 0 Å². The highest BCUT2D eigenvalue weighted by Gasteiger charge is 2.53. The van der Waals surface area contributed by atoms with Crippen LogP contribution in [0.2, 0.25) is 0 Å². The first-order valence-electron chi connectivity index (χ1n) is 9.69. The van der Waals surface area contributed by atoms with Gasteiger partial charge in [-0.25, -0.2) is 4.79 Å². The highest BCUT2D eigenvalue weighted by molar-refractivity contribution is 5.91. The van der Waals surface area contributed by atoms with Crippen molar-refractivity contribution in [2.24, 2.45) is 23.2 Å². The van der Waals surface area contributed by atoms with Gasteiger partial charge in [0.1, 0.15) is 5.75 Å². The summed E-state index contributed by atoms with van der Waals surface area (Å²) in [6, 6.07) is 6.05. The van der Waals surface area contributed by atoms with Crippen molar-refractivity contribution < 1.29 is 19.4 Å². The molecule has 26 heavy (non-hydrogen) atoms. The summed E-state index contributed by atoms with van der Waals surface area (Å²) in [5.41, 5.74) is 0.478. The van der Waals surface area contributed by atoms with Crippen LogP contribution in [0.5, 0.6) is 5.75 Å². The van der Waals surface area contributed by atoms with Gasteiger partial charge in [0.2, 0.25) is 0 Å². The van der Waals surface area contributed by atoms with Gasteiger partial charge in [-0.1, -0.05) is 6.07 Å². The second kappa shape index (κ2) is 6.60. The lowest BCUT2D eigenvalue weighted by atomic mass is 9.48. The lowest BCUT2D eigenvalue weighted by molar-refractivity contribution is -0.128. The Balaban J connectivity index is 1.31. The fourth-order valence-electron chi connectivity index (χ4n) is 5.99. The molecule has 0 unspecified atom stereocenters. The van der Waals surface area contributed by atoms with Crippen LogP contribution >= 0.6 is 0 Å². The molecule has 4 saturated carbocycles. The topological polar surface area (TPSA) is 75.6 Å². The molecule has 4 bridgehead atoms. The van der Waals surface area contributed by atoms with E-state index in [4.69, 9.17) is 4.74 Å². The van der Waals surface area contributed by atoms with Crippen molar-refractivity contribution in [3.05, 3.63) is 29.8 Å². The van der Waals surface area contributed by atoms with E-state index in [0.29, 0.717) is 0 Å². The van der Waals surface area contributed by atoms with Gasteiger partial charge in [0.25, 0.3) is 5.91 Å². The quantitative estimate of drug-likeness (QED) is 0.793. The SMILES string of the molecule is C[C@H](NC(=O)COC(=O)c1cccc(O)c1)C12CC3CC(CC(C3)C1)C2. The summed E-state index contributed by atoms with van der Waals surface area (Å²) in [5, 5.41) is 12.5. The Morgan fingerprint density at radius 1 is 1.19 bits per heavy atom. The van der Waals surface area contributed by atoms with Gasteiger partial charge in [-0.15, -0.1) is 0 Å². The number of rotatable bonds is 5. The average molecular weight is 357 g/mol. The molecule has 0 spiro atoms. The lowest BCUT2D eigenvalue weighted by Crippen LogP contribution is -2.56. The predicted octanol–water partition coefficient (Wildman–Crippen LogP) is 3.27. The molecular weight excluding hydrogens is 330 g/mol. The van der Waals surface area contributed by atoms with E-state index in [0.717, 1.165) is 17.8 Å². The zero-order valence-corrected chi connectivity index (χ0v) is 15.2. The zero-order chi connectivity index (χ0) is 18.3. The molecular formula is C21H27NO4. The molecule has 0 aromatic heterocycles. The van der Waals surface area contributed by atoms with Crippen LogP contribution < -0.4 is 5.32 Å². The molecule has 1 aromatic carbocycles. The summed E-state index contributed by atoms with van der Waals surface area (Å²) in [6.45, 7) is 1.83. The minimum Gasteiger partial charge on any atom is -0.508 e. The van der Waals surface area contributed by atoms with Gasteiger partial charge >= 0.3 is 5.97 Å². The summed E-state index contributed by atoms with van der Waals surface area (Å²) in [6.07, 6.45) is 7.81. The molecule has 140 valence electrons. The van der Waals surface area contributed by atoms with E-state index < -0.39 is 5.97 Å². The number of phenolic OH excluding ortho intramolecular Hbond substituents is 1. The third-order valence-corrected chi connectivity index (χ3v) is 6.80. The standard InChI is InChI=1S/C21H27NO4/c1-13(21-9-14-5-15(10-21)7-16(6-14)11-21)22-19(24)12-26-20(25)17-3-2-4-18(23)8-17/h2-4,8,13-16,23H,5-7,9-12H2,1H3,(H,22,24)/t13-,14?,15?,16?,21?/m0/s1. The number of aromatic hydroxyl groups is 1. The maximum atomic E-state index is 12.3. The fourth-order valence-corrected chi connectivity index (χ4v) is 5.99. The Kier molecular flexibility index (Phi) is 4.41. The Bertz CT molecular complexity index is 678. The van der Waals surface area contributed by atoms with Crippen LogP contribution in [0.25, 0.3) is 0 Å². The lowest BCUT2D eigenvalue weighted by Gasteiger charge is -2.59. The van der Waals surface area contributed by atoms with E-state index in [9.17, 15) is 14.7 Å². The minimum absolute atomic E-state index is 0.000611. The van der Waals surface area contributed by atoms with Crippen LogP contribution in [0.3, 0.4) is 0 Å². The van der Waals surface area contributed by atoms with Crippen LogP contribution in [0, 0.1) is 23.2 Å². The van der Waals surface area contributed by atoms with Crippen LogP contribution in [0.4, 0.5) is 0 Å². The Morgan fingerprint density at radius 2 is 1.81 bits per heavy atom. The maximum Gasteiger partial charge on any atom is 0.338 e. The average Bonchev–Trinajstić information content (AvgIpc) is 2.58. The van der Waals surface area contributed by atoms with E-state index in [-0.39, 0.29) is 35.3 Å². The molecule has 5 heteroatoms. The summed E-state index contributed by atoms with van der Waals surface area (Å²) in [4.78, 5) is 24.3. The molecule has 4 aliphatic rings. The molecule has 2 N–H and O–H groups in total. The monoisotopic (exact) mass is 357 g/mol. The van der Waals surface area contributed by atoms with Gasteiger partial charge in [-0.2, -0.15) is 0 Å². The van der Waals surface area contributed by atoms with E-state index in [1.165, 1.54) is 50.7 Å². The number of carbonyl (C=O) groups excluding carboxylic acids is 2. The van der Waals surface area contributed by atoms with E-state index >= 15 is 0 Å². The second-order valence-corrected chi connectivity index (χ2v) is 8.70. The fraction of sp³-hybridized carbons (Fsp3) is 0.619.